The molecule has 0 aliphatic rings. The number of hydrogen-bond donors (Lipinski definition) is 2. The molecule has 132 valence electrons. The zero-order chi connectivity index (χ0) is 18.5. The summed E-state index contributed by atoms with van der Waals surface area (Å²) in [4.78, 5) is 32.4. The number of halogens is 2. The first kappa shape index (κ1) is 17.6. The van der Waals surface area contributed by atoms with E-state index in [1.54, 1.807) is 11.4 Å². The van der Waals surface area contributed by atoms with Gasteiger partial charge in [0.1, 0.15) is 22.2 Å². The van der Waals surface area contributed by atoms with E-state index in [1.165, 1.54) is 24.7 Å². The molecular formula is C17H12F2N4O2S. The lowest BCUT2D eigenvalue weighted by Gasteiger charge is -2.08. The van der Waals surface area contributed by atoms with E-state index < -0.39 is 23.4 Å². The summed E-state index contributed by atoms with van der Waals surface area (Å²) in [7, 11) is 0. The van der Waals surface area contributed by atoms with Crippen molar-refractivity contribution in [3.63, 3.8) is 0 Å². The van der Waals surface area contributed by atoms with Crippen molar-refractivity contribution in [2.75, 3.05) is 5.32 Å². The smallest absolute Gasteiger partial charge is 0.275 e. The number of hydrogen-bond acceptors (Lipinski definition) is 5. The molecule has 0 aliphatic carbocycles. The second kappa shape index (κ2) is 7.79. The summed E-state index contributed by atoms with van der Waals surface area (Å²) >= 11 is 1.12. The highest BCUT2D eigenvalue weighted by Crippen LogP contribution is 2.23. The fraction of sp³-hybridized carbons (Fsp3) is 0.0588. The molecule has 2 heterocycles. The van der Waals surface area contributed by atoms with Gasteiger partial charge in [0.25, 0.3) is 11.8 Å². The minimum atomic E-state index is -0.743. The summed E-state index contributed by atoms with van der Waals surface area (Å²) < 4.78 is 26.5. The average Bonchev–Trinajstić information content (AvgIpc) is 3.09. The van der Waals surface area contributed by atoms with Crippen LogP contribution in [0, 0.1) is 11.6 Å². The maximum Gasteiger partial charge on any atom is 0.275 e. The zero-order valence-corrected chi connectivity index (χ0v) is 14.0. The van der Waals surface area contributed by atoms with Crippen molar-refractivity contribution < 1.29 is 18.4 Å². The first-order valence-electron chi connectivity index (χ1n) is 7.41. The molecule has 0 radical (unpaired) electrons. The van der Waals surface area contributed by atoms with Gasteiger partial charge in [-0.3, -0.25) is 14.6 Å². The maximum absolute atomic E-state index is 13.6. The Morgan fingerprint density at radius 3 is 2.69 bits per heavy atom. The number of thiophene rings is 1. The third-order valence-corrected chi connectivity index (χ3v) is 4.28. The van der Waals surface area contributed by atoms with E-state index in [4.69, 9.17) is 0 Å². The van der Waals surface area contributed by atoms with Crippen LogP contribution in [0.5, 0.6) is 0 Å². The average molecular weight is 374 g/mol. The second-order valence-electron chi connectivity index (χ2n) is 5.13. The molecular weight excluding hydrogens is 362 g/mol. The third kappa shape index (κ3) is 4.06. The van der Waals surface area contributed by atoms with E-state index in [1.807, 2.05) is 0 Å². The van der Waals surface area contributed by atoms with Crippen molar-refractivity contribution in [2.45, 2.75) is 6.54 Å². The van der Waals surface area contributed by atoms with Gasteiger partial charge in [0.2, 0.25) is 0 Å². The minimum Gasteiger partial charge on any atom is -0.347 e. The van der Waals surface area contributed by atoms with Crippen molar-refractivity contribution in [3.8, 4) is 0 Å². The predicted octanol–water partition coefficient (Wildman–Crippen LogP) is 3.00. The molecule has 2 amide bonds. The molecule has 0 aliphatic heterocycles. The van der Waals surface area contributed by atoms with Gasteiger partial charge >= 0.3 is 0 Å². The Bertz CT molecular complexity index is 947. The fourth-order valence-corrected chi connectivity index (χ4v) is 2.87. The first-order valence-corrected chi connectivity index (χ1v) is 8.29. The van der Waals surface area contributed by atoms with Gasteiger partial charge in [0.15, 0.2) is 0 Å². The number of nitrogens with zero attached hydrogens (tertiary/aromatic N) is 2. The molecule has 2 N–H and O–H groups in total. The lowest BCUT2D eigenvalue weighted by Crippen LogP contribution is -2.24. The van der Waals surface area contributed by atoms with E-state index in [2.05, 4.69) is 20.6 Å². The van der Waals surface area contributed by atoms with Crippen molar-refractivity contribution >= 4 is 28.8 Å². The van der Waals surface area contributed by atoms with Gasteiger partial charge in [0, 0.05) is 30.6 Å². The Morgan fingerprint density at radius 2 is 1.96 bits per heavy atom. The van der Waals surface area contributed by atoms with Crippen LogP contribution in [0.15, 0.2) is 48.2 Å². The van der Waals surface area contributed by atoms with Gasteiger partial charge in [-0.05, 0) is 17.5 Å². The Kier molecular flexibility index (Phi) is 5.28. The molecule has 0 unspecified atom stereocenters. The maximum atomic E-state index is 13.6. The molecule has 0 atom stereocenters. The summed E-state index contributed by atoms with van der Waals surface area (Å²) in [6.07, 6.45) is 4.13. The number of benzene rings is 1. The molecule has 0 spiro atoms. The first-order chi connectivity index (χ1) is 12.5. The van der Waals surface area contributed by atoms with Crippen LogP contribution in [-0.4, -0.2) is 21.8 Å². The van der Waals surface area contributed by atoms with Crippen LogP contribution in [0.1, 0.15) is 25.7 Å². The third-order valence-electron chi connectivity index (χ3n) is 3.37. The summed E-state index contributed by atoms with van der Waals surface area (Å²) in [5.41, 5.74) is 0.572. The number of nitrogens with one attached hydrogen (secondary N) is 2. The number of amides is 2. The van der Waals surface area contributed by atoms with Gasteiger partial charge in [-0.25, -0.2) is 13.8 Å². The van der Waals surface area contributed by atoms with Crippen LogP contribution in [0.4, 0.5) is 14.5 Å². The molecule has 3 rings (SSSR count). The van der Waals surface area contributed by atoms with Gasteiger partial charge < -0.3 is 10.6 Å². The minimum absolute atomic E-state index is 0.110. The topological polar surface area (TPSA) is 84.0 Å². The highest BCUT2D eigenvalue weighted by molar-refractivity contribution is 7.12. The molecule has 0 bridgehead atoms. The van der Waals surface area contributed by atoms with Gasteiger partial charge in [-0.1, -0.05) is 6.07 Å². The standard InChI is InChI=1S/C17H12F2N4O2S/c18-11-2-1-10(12(19)7-11)8-22-17(25)15-13(3-6-26-15)23-16(24)14-9-20-4-5-21-14/h1-7,9H,8H2,(H,22,25)(H,23,24). The van der Waals surface area contributed by atoms with Crippen LogP contribution in [0.3, 0.4) is 0 Å². The molecule has 26 heavy (non-hydrogen) atoms. The predicted molar refractivity (Wildman–Crippen MR) is 91.8 cm³/mol. The number of carbonyl (C=O) groups excluding carboxylic acids is 2. The molecule has 1 aromatic carbocycles. The largest absolute Gasteiger partial charge is 0.347 e. The molecule has 3 aromatic rings. The lowest BCUT2D eigenvalue weighted by atomic mass is 10.2. The fourth-order valence-electron chi connectivity index (χ4n) is 2.11. The monoisotopic (exact) mass is 374 g/mol. The van der Waals surface area contributed by atoms with Gasteiger partial charge in [-0.2, -0.15) is 0 Å². The van der Waals surface area contributed by atoms with E-state index in [9.17, 15) is 18.4 Å². The van der Waals surface area contributed by atoms with E-state index in [-0.39, 0.29) is 22.7 Å². The molecule has 9 heteroatoms. The molecule has 0 saturated carbocycles. The highest BCUT2D eigenvalue weighted by atomic mass is 32.1. The molecule has 2 aromatic heterocycles. The van der Waals surface area contributed by atoms with E-state index in [0.29, 0.717) is 5.69 Å². The molecule has 6 nitrogen and oxygen atoms in total. The van der Waals surface area contributed by atoms with Crippen LogP contribution in [0.25, 0.3) is 0 Å². The SMILES string of the molecule is O=C(Nc1ccsc1C(=O)NCc1ccc(F)cc1F)c1cnccn1. The quantitative estimate of drug-likeness (QED) is 0.719. The van der Waals surface area contributed by atoms with Crippen LogP contribution >= 0.6 is 11.3 Å². The lowest BCUT2D eigenvalue weighted by molar-refractivity contribution is 0.0955. The summed E-state index contributed by atoms with van der Waals surface area (Å²) in [5.74, 6) is -2.43. The van der Waals surface area contributed by atoms with Crippen molar-refractivity contribution in [1.29, 1.82) is 0 Å². The van der Waals surface area contributed by atoms with Crippen LogP contribution < -0.4 is 10.6 Å². The zero-order valence-electron chi connectivity index (χ0n) is 13.2. The summed E-state index contributed by atoms with van der Waals surface area (Å²) in [6, 6.07) is 4.70. The number of aromatic nitrogens is 2. The van der Waals surface area contributed by atoms with Crippen molar-refractivity contribution in [1.82, 2.24) is 15.3 Å². The second-order valence-corrected chi connectivity index (χ2v) is 6.04. The Morgan fingerprint density at radius 1 is 1.12 bits per heavy atom. The number of carbonyl (C=O) groups is 2. The van der Waals surface area contributed by atoms with E-state index >= 15 is 0 Å². The Labute approximate surface area is 150 Å². The molecule has 0 fully saturated rings. The normalized spacial score (nSPS) is 10.4. The van der Waals surface area contributed by atoms with Crippen LogP contribution in [-0.2, 0) is 6.54 Å². The summed E-state index contributed by atoms with van der Waals surface area (Å²) in [6.45, 7) is -0.111. The van der Waals surface area contributed by atoms with Gasteiger partial charge in [-0.15, -0.1) is 11.3 Å². The highest BCUT2D eigenvalue weighted by Gasteiger charge is 2.17. The number of rotatable bonds is 5. The van der Waals surface area contributed by atoms with Crippen LogP contribution in [0.2, 0.25) is 0 Å². The summed E-state index contributed by atoms with van der Waals surface area (Å²) in [5, 5.41) is 6.77. The number of anilines is 1. The van der Waals surface area contributed by atoms with Gasteiger partial charge in [0.05, 0.1) is 11.9 Å². The molecule has 0 saturated heterocycles. The van der Waals surface area contributed by atoms with Crippen molar-refractivity contribution in [2.24, 2.45) is 0 Å². The van der Waals surface area contributed by atoms with Crippen molar-refractivity contribution in [3.05, 3.63) is 76.0 Å². The Hall–Kier alpha value is -3.20. The van der Waals surface area contributed by atoms with E-state index in [0.717, 1.165) is 23.5 Å². The Balaban J connectivity index is 1.67.